The smallest absolute Gasteiger partial charge is 0.254 e. The molecule has 0 spiro atoms. The first-order valence-corrected chi connectivity index (χ1v) is 15.9. The van der Waals surface area contributed by atoms with Gasteiger partial charge in [-0.25, -0.2) is 19.9 Å². The van der Waals surface area contributed by atoms with Crippen molar-refractivity contribution < 1.29 is 9.90 Å². The standard InChI is InChI=1S/C33H33N9O2S/c1-4-25-29(40(3)32-39-28(26(13-34)45-32)22-7-5-20(2)6-8-22)42-19-23(9-10-27(42)38-25)24-15-36-31(37-16-24)35-14-21-17-41(18-21)30(43)33(44)11-12-33/h5-10,15-16,19,21,44H,4,11-12,14,17-18H2,1-3H3,(H,35,36,37). The largest absolute Gasteiger partial charge is 0.380 e. The minimum Gasteiger partial charge on any atom is -0.380 e. The molecule has 1 aromatic carbocycles. The summed E-state index contributed by atoms with van der Waals surface area (Å²) < 4.78 is 2.06. The third-order valence-electron chi connectivity index (χ3n) is 8.54. The summed E-state index contributed by atoms with van der Waals surface area (Å²) in [5, 5.41) is 23.9. The first-order valence-electron chi connectivity index (χ1n) is 15.1. The Morgan fingerprint density at radius 2 is 1.82 bits per heavy atom. The number of nitrogens with zero attached hydrogens (tertiary/aromatic N) is 8. The number of carbonyl (C=O) groups excluding carboxylic acids is 1. The highest BCUT2D eigenvalue weighted by Gasteiger charge is 2.52. The zero-order valence-corrected chi connectivity index (χ0v) is 26.2. The lowest BCUT2D eigenvalue weighted by Gasteiger charge is -2.40. The summed E-state index contributed by atoms with van der Waals surface area (Å²) in [6, 6.07) is 14.4. The molecule has 1 amide bonds. The van der Waals surface area contributed by atoms with Crippen molar-refractivity contribution in [2.75, 3.05) is 36.9 Å². The van der Waals surface area contributed by atoms with Crippen LogP contribution in [0.1, 0.15) is 35.9 Å². The fourth-order valence-corrected chi connectivity index (χ4v) is 6.51. The Kier molecular flexibility index (Phi) is 7.22. The van der Waals surface area contributed by atoms with Gasteiger partial charge in [0.05, 0.1) is 5.69 Å². The molecule has 2 fully saturated rings. The number of likely N-dealkylation sites (tertiary alicyclic amines) is 1. The van der Waals surface area contributed by atoms with Gasteiger partial charge in [-0.2, -0.15) is 5.26 Å². The van der Waals surface area contributed by atoms with E-state index in [0.717, 1.165) is 45.8 Å². The number of rotatable bonds is 9. The van der Waals surface area contributed by atoms with Gasteiger partial charge >= 0.3 is 0 Å². The fraction of sp³-hybridized carbons (Fsp3) is 0.333. The van der Waals surface area contributed by atoms with Gasteiger partial charge in [-0.1, -0.05) is 48.1 Å². The number of imidazole rings is 1. The van der Waals surface area contributed by atoms with Crippen molar-refractivity contribution in [3.8, 4) is 28.5 Å². The van der Waals surface area contributed by atoms with Crippen LogP contribution in [0.5, 0.6) is 0 Å². The van der Waals surface area contributed by atoms with Gasteiger partial charge in [-0.3, -0.25) is 9.20 Å². The molecule has 45 heavy (non-hydrogen) atoms. The molecule has 1 saturated carbocycles. The van der Waals surface area contributed by atoms with Gasteiger partial charge in [0.1, 0.15) is 33.7 Å². The van der Waals surface area contributed by atoms with Crippen LogP contribution in [-0.4, -0.2) is 72.5 Å². The van der Waals surface area contributed by atoms with Crippen LogP contribution in [0.4, 0.5) is 16.9 Å². The van der Waals surface area contributed by atoms with E-state index in [1.165, 1.54) is 11.3 Å². The number of nitrogens with one attached hydrogen (secondary N) is 1. The summed E-state index contributed by atoms with van der Waals surface area (Å²) in [6.45, 7) is 6.05. The maximum atomic E-state index is 12.2. The van der Waals surface area contributed by atoms with E-state index in [4.69, 9.17) is 9.97 Å². The van der Waals surface area contributed by atoms with Crippen molar-refractivity contribution in [2.24, 2.45) is 5.92 Å². The van der Waals surface area contributed by atoms with Crippen LogP contribution < -0.4 is 10.2 Å². The molecule has 1 aliphatic carbocycles. The highest BCUT2D eigenvalue weighted by molar-refractivity contribution is 7.16. The predicted molar refractivity (Wildman–Crippen MR) is 173 cm³/mol. The van der Waals surface area contributed by atoms with Crippen LogP contribution in [0.3, 0.4) is 0 Å². The van der Waals surface area contributed by atoms with Crippen molar-refractivity contribution in [3.05, 3.63) is 71.1 Å². The summed E-state index contributed by atoms with van der Waals surface area (Å²) in [4.78, 5) is 35.4. The molecular weight excluding hydrogens is 586 g/mol. The van der Waals surface area contributed by atoms with Crippen LogP contribution in [0.2, 0.25) is 0 Å². The summed E-state index contributed by atoms with van der Waals surface area (Å²) in [7, 11) is 1.96. The van der Waals surface area contributed by atoms with Crippen molar-refractivity contribution in [2.45, 2.75) is 38.7 Å². The fourth-order valence-electron chi connectivity index (χ4n) is 5.67. The number of aliphatic hydroxyl groups is 1. The number of benzene rings is 1. The van der Waals surface area contributed by atoms with Gasteiger partial charge in [-0.15, -0.1) is 0 Å². The second kappa shape index (κ2) is 11.3. The van der Waals surface area contributed by atoms with E-state index in [-0.39, 0.29) is 5.91 Å². The lowest BCUT2D eigenvalue weighted by molar-refractivity contribution is -0.148. The number of anilines is 3. The number of aryl methyl sites for hydroxylation is 2. The van der Waals surface area contributed by atoms with E-state index in [0.29, 0.717) is 60.0 Å². The average Bonchev–Trinajstić information content (AvgIpc) is 3.48. The number of hydrogen-bond donors (Lipinski definition) is 2. The summed E-state index contributed by atoms with van der Waals surface area (Å²) in [5.41, 5.74) is 5.20. The van der Waals surface area contributed by atoms with Crippen molar-refractivity contribution in [3.63, 3.8) is 0 Å². The molecular formula is C33H33N9O2S. The van der Waals surface area contributed by atoms with E-state index in [1.807, 2.05) is 61.5 Å². The second-order valence-electron chi connectivity index (χ2n) is 11.9. The molecule has 228 valence electrons. The Hall–Kier alpha value is -4.86. The van der Waals surface area contributed by atoms with E-state index in [9.17, 15) is 15.2 Å². The topological polar surface area (TPSA) is 136 Å². The zero-order valence-electron chi connectivity index (χ0n) is 25.4. The number of nitriles is 1. The lowest BCUT2D eigenvalue weighted by Crippen LogP contribution is -2.55. The van der Waals surface area contributed by atoms with Crippen LogP contribution in [-0.2, 0) is 11.2 Å². The molecule has 0 bridgehead atoms. The number of amides is 1. The highest BCUT2D eigenvalue weighted by atomic mass is 32.1. The van der Waals surface area contributed by atoms with E-state index in [1.54, 1.807) is 17.3 Å². The van der Waals surface area contributed by atoms with Gasteiger partial charge in [-0.05, 0) is 38.3 Å². The maximum Gasteiger partial charge on any atom is 0.254 e. The van der Waals surface area contributed by atoms with Crippen molar-refractivity contribution >= 4 is 39.8 Å². The number of hydrogen-bond acceptors (Lipinski definition) is 10. The highest BCUT2D eigenvalue weighted by Crippen LogP contribution is 2.39. The Balaban J connectivity index is 1.09. The molecule has 0 unspecified atom stereocenters. The number of thiazole rings is 1. The van der Waals surface area contributed by atoms with E-state index >= 15 is 0 Å². The molecule has 1 aliphatic heterocycles. The van der Waals surface area contributed by atoms with Crippen LogP contribution in [0.15, 0.2) is 55.0 Å². The van der Waals surface area contributed by atoms with Crippen molar-refractivity contribution in [1.82, 2.24) is 29.2 Å². The minimum absolute atomic E-state index is 0.139. The van der Waals surface area contributed by atoms with Gasteiger partial charge in [0, 0.05) is 67.9 Å². The lowest BCUT2D eigenvalue weighted by atomic mass is 9.99. The summed E-state index contributed by atoms with van der Waals surface area (Å²) in [5.74, 6) is 1.59. The van der Waals surface area contributed by atoms with E-state index < -0.39 is 5.60 Å². The van der Waals surface area contributed by atoms with E-state index in [2.05, 4.69) is 32.7 Å². The summed E-state index contributed by atoms with van der Waals surface area (Å²) in [6.07, 6.45) is 7.50. The minimum atomic E-state index is -1.10. The van der Waals surface area contributed by atoms with Gasteiger partial charge in [0.25, 0.3) is 5.91 Å². The van der Waals surface area contributed by atoms with Gasteiger partial charge in [0.2, 0.25) is 5.95 Å². The Bertz CT molecular complexity index is 1930. The molecule has 12 heteroatoms. The average molecular weight is 620 g/mol. The maximum absolute atomic E-state index is 12.2. The normalized spacial score (nSPS) is 15.5. The van der Waals surface area contributed by atoms with Crippen molar-refractivity contribution in [1.29, 1.82) is 5.26 Å². The monoisotopic (exact) mass is 619 g/mol. The SMILES string of the molecule is CCc1nc2ccc(-c3cnc(NCC4CN(C(=O)C5(O)CC5)C4)nc3)cn2c1N(C)c1nc(-c2ccc(C)cc2)c(C#N)s1. The van der Waals surface area contributed by atoms with Crippen LogP contribution in [0.25, 0.3) is 28.0 Å². The third kappa shape index (κ3) is 5.38. The van der Waals surface area contributed by atoms with Gasteiger partial charge < -0.3 is 20.2 Å². The molecule has 0 radical (unpaired) electrons. The number of fused-ring (bicyclic) bond motifs is 1. The third-order valence-corrected chi connectivity index (χ3v) is 9.58. The molecule has 2 N–H and O–H groups in total. The number of carbonyl (C=O) groups is 1. The molecule has 5 heterocycles. The molecule has 11 nitrogen and oxygen atoms in total. The molecule has 1 saturated heterocycles. The predicted octanol–water partition coefficient (Wildman–Crippen LogP) is 4.82. The molecule has 2 aliphatic rings. The molecule has 4 aromatic heterocycles. The van der Waals surface area contributed by atoms with Crippen LogP contribution >= 0.6 is 11.3 Å². The Labute approximate surface area is 264 Å². The number of pyridine rings is 1. The molecule has 0 atom stereocenters. The number of aromatic nitrogens is 5. The Morgan fingerprint density at radius 1 is 1.11 bits per heavy atom. The first-order chi connectivity index (χ1) is 21.8. The van der Waals surface area contributed by atoms with Crippen LogP contribution in [0, 0.1) is 24.2 Å². The zero-order chi connectivity index (χ0) is 31.3. The molecule has 5 aromatic rings. The quantitative estimate of drug-likeness (QED) is 0.238. The second-order valence-corrected chi connectivity index (χ2v) is 12.9. The summed E-state index contributed by atoms with van der Waals surface area (Å²) >= 11 is 1.37. The van der Waals surface area contributed by atoms with Gasteiger partial charge in [0.15, 0.2) is 5.13 Å². The Morgan fingerprint density at radius 3 is 2.49 bits per heavy atom. The first kappa shape index (κ1) is 28.9. The molecule has 7 rings (SSSR count).